The van der Waals surface area contributed by atoms with E-state index in [-0.39, 0.29) is 11.8 Å². The number of carbonyl (C=O) groups is 1. The molecule has 0 saturated heterocycles. The minimum atomic E-state index is -0.624. The monoisotopic (exact) mass is 287 g/mol. The summed E-state index contributed by atoms with van der Waals surface area (Å²) in [5.74, 6) is -0.701. The number of benzene rings is 2. The molecule has 0 spiro atoms. The van der Waals surface area contributed by atoms with Crippen LogP contribution in [0.1, 0.15) is 22.7 Å². The van der Waals surface area contributed by atoms with Crippen LogP contribution in [0.15, 0.2) is 42.5 Å². The summed E-state index contributed by atoms with van der Waals surface area (Å²) in [5, 5.41) is 3.09. The lowest BCUT2D eigenvalue weighted by molar-refractivity contribution is -0.141. The van der Waals surface area contributed by atoms with Crippen LogP contribution in [0.3, 0.4) is 0 Å². The minimum Gasteiger partial charge on any atom is -0.467 e. The molecule has 110 valence electrons. The van der Waals surface area contributed by atoms with Crippen LogP contribution in [0.4, 0.5) is 10.1 Å². The van der Waals surface area contributed by atoms with Crippen LogP contribution >= 0.6 is 0 Å². The molecule has 0 aliphatic carbocycles. The van der Waals surface area contributed by atoms with Gasteiger partial charge in [-0.3, -0.25) is 0 Å². The molecule has 0 aromatic heterocycles. The third-order valence-corrected chi connectivity index (χ3v) is 3.33. The number of halogens is 1. The number of anilines is 1. The fourth-order valence-electron chi connectivity index (χ4n) is 2.24. The normalized spacial score (nSPS) is 11.8. The van der Waals surface area contributed by atoms with Crippen LogP contribution in [-0.4, -0.2) is 13.1 Å². The van der Waals surface area contributed by atoms with Crippen molar-refractivity contribution in [2.24, 2.45) is 0 Å². The number of aryl methyl sites for hydroxylation is 2. The van der Waals surface area contributed by atoms with Crippen molar-refractivity contribution in [3.8, 4) is 0 Å². The molecule has 0 bridgehead atoms. The molecule has 4 heteroatoms. The van der Waals surface area contributed by atoms with Gasteiger partial charge in [-0.2, -0.15) is 0 Å². The maximum atomic E-state index is 13.0. The number of methoxy groups -OCH3 is 1. The molecular formula is C17H18FNO2. The van der Waals surface area contributed by atoms with Gasteiger partial charge < -0.3 is 10.1 Å². The second-order valence-corrected chi connectivity index (χ2v) is 4.97. The summed E-state index contributed by atoms with van der Waals surface area (Å²) >= 11 is 0. The molecule has 1 atom stereocenters. The largest absolute Gasteiger partial charge is 0.467 e. The van der Waals surface area contributed by atoms with Gasteiger partial charge >= 0.3 is 5.97 Å². The molecule has 0 fully saturated rings. The third kappa shape index (κ3) is 3.60. The lowest BCUT2D eigenvalue weighted by atomic mass is 9.99. The van der Waals surface area contributed by atoms with Crippen molar-refractivity contribution in [2.75, 3.05) is 12.4 Å². The Kier molecular flexibility index (Phi) is 4.58. The molecule has 0 heterocycles. The highest BCUT2D eigenvalue weighted by Crippen LogP contribution is 2.24. The molecule has 0 saturated carbocycles. The standard InChI is InChI=1S/C17H18FNO2/c1-11-4-9-15(12(2)10-11)16(17(20)21-3)19-14-7-5-13(18)6-8-14/h4-10,16,19H,1-3H3. The zero-order valence-corrected chi connectivity index (χ0v) is 12.3. The van der Waals surface area contributed by atoms with Crippen molar-refractivity contribution in [1.29, 1.82) is 0 Å². The van der Waals surface area contributed by atoms with E-state index in [1.165, 1.54) is 19.2 Å². The van der Waals surface area contributed by atoms with Gasteiger partial charge in [0.1, 0.15) is 5.82 Å². The average Bonchev–Trinajstić information content (AvgIpc) is 2.47. The maximum Gasteiger partial charge on any atom is 0.332 e. The number of ether oxygens (including phenoxy) is 1. The Morgan fingerprint density at radius 1 is 1.14 bits per heavy atom. The van der Waals surface area contributed by atoms with E-state index < -0.39 is 6.04 Å². The maximum absolute atomic E-state index is 13.0. The first-order valence-corrected chi connectivity index (χ1v) is 6.68. The van der Waals surface area contributed by atoms with Gasteiger partial charge in [0.05, 0.1) is 7.11 Å². The first-order chi connectivity index (χ1) is 10.0. The summed E-state index contributed by atoms with van der Waals surface area (Å²) in [4.78, 5) is 12.1. The third-order valence-electron chi connectivity index (χ3n) is 3.33. The molecule has 2 rings (SSSR count). The molecule has 0 radical (unpaired) electrons. The minimum absolute atomic E-state index is 0.318. The second kappa shape index (κ2) is 6.39. The summed E-state index contributed by atoms with van der Waals surface area (Å²) in [6.07, 6.45) is 0. The van der Waals surface area contributed by atoms with Crippen molar-refractivity contribution in [2.45, 2.75) is 19.9 Å². The number of hydrogen-bond acceptors (Lipinski definition) is 3. The van der Waals surface area contributed by atoms with E-state index in [0.29, 0.717) is 5.69 Å². The van der Waals surface area contributed by atoms with Crippen LogP contribution in [0.5, 0.6) is 0 Å². The Hall–Kier alpha value is -2.36. The Labute approximate surface area is 123 Å². The predicted octanol–water partition coefficient (Wildman–Crippen LogP) is 3.77. The van der Waals surface area contributed by atoms with Gasteiger partial charge in [0, 0.05) is 5.69 Å². The SMILES string of the molecule is COC(=O)C(Nc1ccc(F)cc1)c1ccc(C)cc1C. The van der Waals surface area contributed by atoms with Crippen molar-refractivity contribution < 1.29 is 13.9 Å². The molecule has 2 aromatic rings. The highest BCUT2D eigenvalue weighted by Gasteiger charge is 2.23. The number of nitrogens with one attached hydrogen (secondary N) is 1. The van der Waals surface area contributed by atoms with Gasteiger partial charge in [-0.05, 0) is 49.2 Å². The summed E-state index contributed by atoms with van der Waals surface area (Å²) in [5.41, 5.74) is 3.63. The summed E-state index contributed by atoms with van der Waals surface area (Å²) < 4.78 is 17.8. The number of hydrogen-bond donors (Lipinski definition) is 1. The van der Waals surface area contributed by atoms with Gasteiger partial charge in [0.15, 0.2) is 6.04 Å². The highest BCUT2D eigenvalue weighted by molar-refractivity contribution is 5.81. The van der Waals surface area contributed by atoms with Gasteiger partial charge in [-0.1, -0.05) is 23.8 Å². The molecule has 21 heavy (non-hydrogen) atoms. The van der Waals surface area contributed by atoms with Crippen molar-refractivity contribution >= 4 is 11.7 Å². The van der Waals surface area contributed by atoms with Crippen LogP contribution in [0, 0.1) is 19.7 Å². The van der Waals surface area contributed by atoms with Gasteiger partial charge in [-0.15, -0.1) is 0 Å². The number of rotatable bonds is 4. The van der Waals surface area contributed by atoms with Crippen LogP contribution in [-0.2, 0) is 9.53 Å². The van der Waals surface area contributed by atoms with Crippen LogP contribution in [0.25, 0.3) is 0 Å². The topological polar surface area (TPSA) is 38.3 Å². The van der Waals surface area contributed by atoms with Crippen molar-refractivity contribution in [1.82, 2.24) is 0 Å². The number of carbonyl (C=O) groups excluding carboxylic acids is 1. The van der Waals surface area contributed by atoms with E-state index in [1.807, 2.05) is 32.0 Å². The summed E-state index contributed by atoms with van der Waals surface area (Å²) in [6, 6.07) is 11.1. The van der Waals surface area contributed by atoms with Gasteiger partial charge in [0.25, 0.3) is 0 Å². The molecule has 1 unspecified atom stereocenters. The molecule has 3 nitrogen and oxygen atoms in total. The molecule has 0 aliphatic heterocycles. The lowest BCUT2D eigenvalue weighted by Gasteiger charge is -2.20. The summed E-state index contributed by atoms with van der Waals surface area (Å²) in [6.45, 7) is 3.95. The Balaban J connectivity index is 2.34. The van der Waals surface area contributed by atoms with Crippen LogP contribution < -0.4 is 5.32 Å². The average molecular weight is 287 g/mol. The van der Waals surface area contributed by atoms with E-state index in [1.54, 1.807) is 12.1 Å². The van der Waals surface area contributed by atoms with Crippen molar-refractivity contribution in [3.05, 3.63) is 65.0 Å². The Bertz CT molecular complexity index is 638. The fourth-order valence-corrected chi connectivity index (χ4v) is 2.24. The zero-order valence-electron chi connectivity index (χ0n) is 12.3. The zero-order chi connectivity index (χ0) is 15.4. The summed E-state index contributed by atoms with van der Waals surface area (Å²) in [7, 11) is 1.35. The first-order valence-electron chi connectivity index (χ1n) is 6.68. The second-order valence-electron chi connectivity index (χ2n) is 4.97. The van der Waals surface area contributed by atoms with E-state index in [9.17, 15) is 9.18 Å². The smallest absolute Gasteiger partial charge is 0.332 e. The van der Waals surface area contributed by atoms with Crippen LogP contribution in [0.2, 0.25) is 0 Å². The Morgan fingerprint density at radius 2 is 1.81 bits per heavy atom. The van der Waals surface area contributed by atoms with E-state index in [4.69, 9.17) is 4.74 Å². The predicted molar refractivity (Wildman–Crippen MR) is 80.7 cm³/mol. The lowest BCUT2D eigenvalue weighted by Crippen LogP contribution is -2.23. The molecule has 0 amide bonds. The molecule has 1 N–H and O–H groups in total. The van der Waals surface area contributed by atoms with E-state index >= 15 is 0 Å². The van der Waals surface area contributed by atoms with E-state index in [0.717, 1.165) is 16.7 Å². The molecule has 0 aliphatic rings. The highest BCUT2D eigenvalue weighted by atomic mass is 19.1. The van der Waals surface area contributed by atoms with Gasteiger partial charge in [-0.25, -0.2) is 9.18 Å². The quantitative estimate of drug-likeness (QED) is 0.870. The first kappa shape index (κ1) is 15.0. The van der Waals surface area contributed by atoms with Crippen molar-refractivity contribution in [3.63, 3.8) is 0 Å². The number of esters is 1. The van der Waals surface area contributed by atoms with Gasteiger partial charge in [0.2, 0.25) is 0 Å². The molecule has 2 aromatic carbocycles. The Morgan fingerprint density at radius 3 is 2.38 bits per heavy atom. The van der Waals surface area contributed by atoms with E-state index in [2.05, 4.69) is 5.32 Å². The molecular weight excluding hydrogens is 269 g/mol. The fraction of sp³-hybridized carbons (Fsp3) is 0.235.